The van der Waals surface area contributed by atoms with Gasteiger partial charge >= 0.3 is 0 Å². The molecule has 0 fully saturated rings. The largest absolute Gasteiger partial charge is 0.497 e. The summed E-state index contributed by atoms with van der Waals surface area (Å²) in [6, 6.07) is 5.10. The fourth-order valence-corrected chi connectivity index (χ4v) is 1.64. The minimum atomic E-state index is -0.660. The lowest BCUT2D eigenvalue weighted by atomic mass is 10.1. The summed E-state index contributed by atoms with van der Waals surface area (Å²) in [5.74, 6) is 0.816. The van der Waals surface area contributed by atoms with Crippen molar-refractivity contribution in [3.63, 3.8) is 0 Å². The van der Waals surface area contributed by atoms with Crippen molar-refractivity contribution in [3.8, 4) is 11.5 Å². The van der Waals surface area contributed by atoms with Crippen LogP contribution >= 0.6 is 0 Å². The van der Waals surface area contributed by atoms with Crippen LogP contribution in [-0.4, -0.2) is 36.6 Å². The van der Waals surface area contributed by atoms with E-state index in [1.165, 1.54) is 0 Å². The van der Waals surface area contributed by atoms with Gasteiger partial charge in [-0.25, -0.2) is 0 Å². The number of oxime groups is 1. The van der Waals surface area contributed by atoms with Gasteiger partial charge in [0.15, 0.2) is 6.10 Å². The molecule has 2 N–H and O–H groups in total. The van der Waals surface area contributed by atoms with E-state index >= 15 is 0 Å². The van der Waals surface area contributed by atoms with Gasteiger partial charge in [-0.15, -0.1) is 0 Å². The molecule has 20 heavy (non-hydrogen) atoms. The lowest BCUT2D eigenvalue weighted by molar-refractivity contribution is -0.127. The first kappa shape index (κ1) is 15.8. The Balaban J connectivity index is 3.04. The molecular formula is C14H20N2O4. The van der Waals surface area contributed by atoms with Crippen LogP contribution in [0, 0.1) is 0 Å². The van der Waals surface area contributed by atoms with Crippen LogP contribution in [-0.2, 0) is 4.79 Å². The number of ether oxygens (including phenoxy) is 2. The van der Waals surface area contributed by atoms with E-state index in [9.17, 15) is 4.79 Å². The first-order valence-electron chi connectivity index (χ1n) is 6.34. The van der Waals surface area contributed by atoms with Crippen LogP contribution in [0.15, 0.2) is 23.4 Å². The average molecular weight is 280 g/mol. The number of nitrogens with zero attached hydrogens (tertiary/aromatic N) is 1. The summed E-state index contributed by atoms with van der Waals surface area (Å²) < 4.78 is 10.8. The van der Waals surface area contributed by atoms with Crippen molar-refractivity contribution in [2.45, 2.75) is 26.9 Å². The third-order valence-electron chi connectivity index (χ3n) is 2.75. The van der Waals surface area contributed by atoms with Crippen molar-refractivity contribution in [1.82, 2.24) is 5.32 Å². The molecule has 0 spiro atoms. The number of hydrogen-bond donors (Lipinski definition) is 2. The second-order valence-corrected chi connectivity index (χ2v) is 4.20. The maximum absolute atomic E-state index is 11.7. The van der Waals surface area contributed by atoms with E-state index in [1.807, 2.05) is 6.92 Å². The van der Waals surface area contributed by atoms with Crippen LogP contribution in [0.1, 0.15) is 26.3 Å². The summed E-state index contributed by atoms with van der Waals surface area (Å²) in [4.78, 5) is 11.7. The molecule has 1 rings (SSSR count). The second kappa shape index (κ2) is 7.37. The molecule has 1 amide bonds. The maximum Gasteiger partial charge on any atom is 0.260 e. The number of methoxy groups -OCH3 is 1. The number of hydrogen-bond acceptors (Lipinski definition) is 5. The topological polar surface area (TPSA) is 80.2 Å². The Kier molecular flexibility index (Phi) is 5.83. The van der Waals surface area contributed by atoms with E-state index in [2.05, 4.69) is 10.5 Å². The number of amides is 1. The van der Waals surface area contributed by atoms with Crippen LogP contribution in [0.3, 0.4) is 0 Å². The number of carbonyl (C=O) groups excluding carboxylic acids is 1. The van der Waals surface area contributed by atoms with Gasteiger partial charge in [0.25, 0.3) is 5.91 Å². The SMILES string of the molecule is CCNC(=O)C(C)Oc1cc(OC)ccc1/C(C)=N/O. The van der Waals surface area contributed by atoms with E-state index in [4.69, 9.17) is 14.7 Å². The molecule has 110 valence electrons. The molecule has 0 heterocycles. The van der Waals surface area contributed by atoms with Gasteiger partial charge in [0, 0.05) is 18.2 Å². The predicted octanol–water partition coefficient (Wildman–Crippen LogP) is 1.80. The highest BCUT2D eigenvalue weighted by molar-refractivity contribution is 6.01. The second-order valence-electron chi connectivity index (χ2n) is 4.20. The van der Waals surface area contributed by atoms with Gasteiger partial charge in [-0.05, 0) is 32.9 Å². The Morgan fingerprint density at radius 3 is 2.75 bits per heavy atom. The van der Waals surface area contributed by atoms with E-state index in [0.717, 1.165) is 0 Å². The van der Waals surface area contributed by atoms with Crippen LogP contribution in [0.25, 0.3) is 0 Å². The Morgan fingerprint density at radius 2 is 2.20 bits per heavy atom. The molecule has 1 aromatic rings. The first-order chi connectivity index (χ1) is 9.53. The molecule has 6 heteroatoms. The standard InChI is InChI=1S/C14H20N2O4/c1-5-15-14(17)10(3)20-13-8-11(19-4)6-7-12(13)9(2)16-18/h6-8,10,18H,5H2,1-4H3,(H,15,17)/b16-9+. The van der Waals surface area contributed by atoms with Gasteiger partial charge in [0.05, 0.1) is 12.8 Å². The molecule has 0 bridgehead atoms. The molecule has 0 aliphatic rings. The summed E-state index contributed by atoms with van der Waals surface area (Å²) in [5, 5.41) is 14.7. The van der Waals surface area contributed by atoms with Gasteiger partial charge < -0.3 is 20.0 Å². The van der Waals surface area contributed by atoms with E-state index < -0.39 is 6.10 Å². The zero-order valence-electron chi connectivity index (χ0n) is 12.1. The monoisotopic (exact) mass is 280 g/mol. The fraction of sp³-hybridized carbons (Fsp3) is 0.429. The quantitative estimate of drug-likeness (QED) is 0.473. The summed E-state index contributed by atoms with van der Waals surface area (Å²) in [5.41, 5.74) is 0.996. The van der Waals surface area contributed by atoms with Gasteiger partial charge in [-0.2, -0.15) is 0 Å². The number of rotatable bonds is 6. The molecule has 1 unspecified atom stereocenters. The third-order valence-corrected chi connectivity index (χ3v) is 2.75. The van der Waals surface area contributed by atoms with Crippen molar-refractivity contribution in [3.05, 3.63) is 23.8 Å². The highest BCUT2D eigenvalue weighted by atomic mass is 16.5. The van der Waals surface area contributed by atoms with E-state index in [0.29, 0.717) is 29.3 Å². The van der Waals surface area contributed by atoms with Crippen molar-refractivity contribution >= 4 is 11.6 Å². The van der Waals surface area contributed by atoms with Crippen LogP contribution in [0.2, 0.25) is 0 Å². The molecule has 0 aliphatic carbocycles. The Bertz CT molecular complexity index is 500. The zero-order chi connectivity index (χ0) is 15.1. The lowest BCUT2D eigenvalue weighted by Gasteiger charge is -2.17. The van der Waals surface area contributed by atoms with Crippen molar-refractivity contribution in [1.29, 1.82) is 0 Å². The third kappa shape index (κ3) is 3.88. The molecule has 0 aliphatic heterocycles. The average Bonchev–Trinajstić information content (AvgIpc) is 2.46. The smallest absolute Gasteiger partial charge is 0.260 e. The summed E-state index contributed by atoms with van der Waals surface area (Å²) in [6.07, 6.45) is -0.660. The fourth-order valence-electron chi connectivity index (χ4n) is 1.64. The molecule has 0 aromatic heterocycles. The Labute approximate surface area is 118 Å². The highest BCUT2D eigenvalue weighted by Crippen LogP contribution is 2.26. The zero-order valence-corrected chi connectivity index (χ0v) is 12.1. The summed E-state index contributed by atoms with van der Waals surface area (Å²) in [7, 11) is 1.54. The first-order valence-corrected chi connectivity index (χ1v) is 6.34. The van der Waals surface area contributed by atoms with Crippen molar-refractivity contribution < 1.29 is 19.5 Å². The van der Waals surface area contributed by atoms with Crippen molar-refractivity contribution in [2.75, 3.05) is 13.7 Å². The van der Waals surface area contributed by atoms with Gasteiger partial charge in [-0.3, -0.25) is 4.79 Å². The van der Waals surface area contributed by atoms with Gasteiger partial charge in [0.1, 0.15) is 11.5 Å². The Morgan fingerprint density at radius 1 is 1.50 bits per heavy atom. The maximum atomic E-state index is 11.7. The van der Waals surface area contributed by atoms with Crippen LogP contribution in [0.4, 0.5) is 0 Å². The Hall–Kier alpha value is -2.24. The molecular weight excluding hydrogens is 260 g/mol. The van der Waals surface area contributed by atoms with E-state index in [-0.39, 0.29) is 5.91 Å². The molecule has 6 nitrogen and oxygen atoms in total. The van der Waals surface area contributed by atoms with Crippen LogP contribution < -0.4 is 14.8 Å². The highest BCUT2D eigenvalue weighted by Gasteiger charge is 2.17. The normalized spacial score (nSPS) is 12.7. The number of nitrogens with one attached hydrogen (secondary N) is 1. The van der Waals surface area contributed by atoms with Crippen molar-refractivity contribution in [2.24, 2.45) is 5.16 Å². The number of likely N-dealkylation sites (N-methyl/N-ethyl adjacent to an activating group) is 1. The van der Waals surface area contributed by atoms with E-state index in [1.54, 1.807) is 39.2 Å². The molecule has 1 aromatic carbocycles. The van der Waals surface area contributed by atoms with Gasteiger partial charge in [-0.1, -0.05) is 5.16 Å². The number of benzene rings is 1. The molecule has 0 saturated heterocycles. The molecule has 0 saturated carbocycles. The van der Waals surface area contributed by atoms with Crippen LogP contribution in [0.5, 0.6) is 11.5 Å². The molecule has 1 atom stereocenters. The number of carbonyl (C=O) groups is 1. The van der Waals surface area contributed by atoms with Gasteiger partial charge in [0.2, 0.25) is 0 Å². The summed E-state index contributed by atoms with van der Waals surface area (Å²) in [6.45, 7) is 5.67. The molecule has 0 radical (unpaired) electrons. The predicted molar refractivity (Wildman–Crippen MR) is 75.8 cm³/mol. The lowest BCUT2D eigenvalue weighted by Crippen LogP contribution is -2.36. The minimum absolute atomic E-state index is 0.208. The minimum Gasteiger partial charge on any atom is -0.497 e. The summed E-state index contributed by atoms with van der Waals surface area (Å²) >= 11 is 0.